The number of hydrogen-bond acceptors (Lipinski definition) is 2. The monoisotopic (exact) mass is 270 g/mol. The lowest BCUT2D eigenvalue weighted by Crippen LogP contribution is -1.95. The fourth-order valence-electron chi connectivity index (χ4n) is 2.01. The normalized spacial score (nSPS) is 12.7. The van der Waals surface area contributed by atoms with E-state index >= 15 is 0 Å². The quantitative estimate of drug-likeness (QED) is 0.417. The average molecular weight is 270 g/mol. The molecular formula is C15H26O4. The van der Waals surface area contributed by atoms with Crippen LogP contribution in [-0.2, 0) is 9.59 Å². The zero-order valence-corrected chi connectivity index (χ0v) is 11.8. The molecule has 19 heavy (non-hydrogen) atoms. The molecule has 0 aliphatic heterocycles. The van der Waals surface area contributed by atoms with Crippen LogP contribution in [0, 0.1) is 5.92 Å². The fraction of sp³-hybridized carbons (Fsp3) is 0.733. The molecule has 0 spiro atoms. The van der Waals surface area contributed by atoms with Crippen molar-refractivity contribution in [2.24, 2.45) is 5.92 Å². The number of hydrogen-bond donors (Lipinski definition) is 2. The van der Waals surface area contributed by atoms with Crippen molar-refractivity contribution in [3.8, 4) is 0 Å². The van der Waals surface area contributed by atoms with Crippen molar-refractivity contribution < 1.29 is 19.8 Å². The molecule has 0 heterocycles. The van der Waals surface area contributed by atoms with Crippen LogP contribution in [0.1, 0.15) is 64.7 Å². The molecule has 0 saturated carbocycles. The average Bonchev–Trinajstić information content (AvgIpc) is 2.33. The van der Waals surface area contributed by atoms with E-state index in [-0.39, 0.29) is 6.42 Å². The van der Waals surface area contributed by atoms with Crippen molar-refractivity contribution in [2.75, 3.05) is 0 Å². The van der Waals surface area contributed by atoms with Crippen LogP contribution in [-0.4, -0.2) is 22.2 Å². The second-order valence-electron chi connectivity index (χ2n) is 5.12. The largest absolute Gasteiger partial charge is 0.481 e. The van der Waals surface area contributed by atoms with Gasteiger partial charge in [0.25, 0.3) is 0 Å². The second kappa shape index (κ2) is 11.8. The lowest BCUT2D eigenvalue weighted by molar-refractivity contribution is -0.137. The van der Waals surface area contributed by atoms with E-state index in [0.29, 0.717) is 5.92 Å². The van der Waals surface area contributed by atoms with Crippen molar-refractivity contribution in [1.29, 1.82) is 0 Å². The molecule has 0 aromatic carbocycles. The maximum atomic E-state index is 10.3. The molecule has 4 heteroatoms. The molecule has 2 N–H and O–H groups in total. The van der Waals surface area contributed by atoms with Crippen LogP contribution in [0.4, 0.5) is 0 Å². The van der Waals surface area contributed by atoms with Gasteiger partial charge in [-0.1, -0.05) is 45.1 Å². The van der Waals surface area contributed by atoms with Gasteiger partial charge in [0, 0.05) is 12.5 Å². The second-order valence-corrected chi connectivity index (χ2v) is 5.12. The number of allylic oxidation sites excluding steroid dienone is 1. The van der Waals surface area contributed by atoms with Gasteiger partial charge >= 0.3 is 11.9 Å². The first-order valence-electron chi connectivity index (χ1n) is 7.13. The summed E-state index contributed by atoms with van der Waals surface area (Å²) < 4.78 is 0. The Morgan fingerprint density at radius 3 is 2.26 bits per heavy atom. The van der Waals surface area contributed by atoms with Gasteiger partial charge in [0.1, 0.15) is 0 Å². The van der Waals surface area contributed by atoms with Gasteiger partial charge in [-0.3, -0.25) is 4.79 Å². The summed E-state index contributed by atoms with van der Waals surface area (Å²) in [7, 11) is 0. The Balaban J connectivity index is 3.31. The molecule has 1 unspecified atom stereocenters. The van der Waals surface area contributed by atoms with Crippen LogP contribution in [0.5, 0.6) is 0 Å². The Kier molecular flexibility index (Phi) is 10.9. The Hall–Kier alpha value is -1.32. The van der Waals surface area contributed by atoms with Gasteiger partial charge in [-0.25, -0.2) is 4.79 Å². The standard InChI is InChI=1S/C15H26O4/c1-13(10-7-8-12-15(18)19)9-5-3-2-4-6-11-14(16)17/h8,12-13H,2-7,9-11H2,1H3,(H,16,17)(H,18,19). The minimum absolute atomic E-state index is 0.284. The minimum Gasteiger partial charge on any atom is -0.481 e. The van der Waals surface area contributed by atoms with Crippen LogP contribution in [0.15, 0.2) is 12.2 Å². The summed E-state index contributed by atoms with van der Waals surface area (Å²) >= 11 is 0. The third-order valence-corrected chi connectivity index (χ3v) is 3.17. The number of rotatable bonds is 12. The summed E-state index contributed by atoms with van der Waals surface area (Å²) in [4.78, 5) is 20.6. The highest BCUT2D eigenvalue weighted by Gasteiger charge is 2.01. The van der Waals surface area contributed by atoms with E-state index in [1.807, 2.05) is 0 Å². The van der Waals surface area contributed by atoms with Crippen molar-refractivity contribution in [3.05, 3.63) is 12.2 Å². The summed E-state index contributed by atoms with van der Waals surface area (Å²) in [6.45, 7) is 2.19. The number of carboxylic acid groups (broad SMARTS) is 2. The van der Waals surface area contributed by atoms with Gasteiger partial charge in [-0.15, -0.1) is 0 Å². The fourth-order valence-corrected chi connectivity index (χ4v) is 2.01. The Morgan fingerprint density at radius 2 is 1.63 bits per heavy atom. The van der Waals surface area contributed by atoms with Crippen LogP contribution < -0.4 is 0 Å². The smallest absolute Gasteiger partial charge is 0.327 e. The molecule has 0 aliphatic carbocycles. The van der Waals surface area contributed by atoms with Crippen LogP contribution >= 0.6 is 0 Å². The van der Waals surface area contributed by atoms with Gasteiger partial charge in [-0.2, -0.15) is 0 Å². The molecular weight excluding hydrogens is 244 g/mol. The minimum atomic E-state index is -0.881. The number of carboxylic acids is 2. The first-order valence-corrected chi connectivity index (χ1v) is 7.13. The van der Waals surface area contributed by atoms with Crippen LogP contribution in [0.25, 0.3) is 0 Å². The predicted molar refractivity (Wildman–Crippen MR) is 75.1 cm³/mol. The van der Waals surface area contributed by atoms with Crippen molar-refractivity contribution >= 4 is 11.9 Å². The SMILES string of the molecule is CC(CCC=CC(=O)O)CCCCCCCC(=O)O. The molecule has 0 amide bonds. The highest BCUT2D eigenvalue weighted by atomic mass is 16.4. The topological polar surface area (TPSA) is 74.6 Å². The summed E-state index contributed by atoms with van der Waals surface area (Å²) in [5.41, 5.74) is 0. The maximum absolute atomic E-state index is 10.3. The first kappa shape index (κ1) is 17.7. The van der Waals surface area contributed by atoms with Crippen molar-refractivity contribution in [3.63, 3.8) is 0 Å². The van der Waals surface area contributed by atoms with Gasteiger partial charge < -0.3 is 10.2 Å². The lowest BCUT2D eigenvalue weighted by atomic mass is 9.97. The molecule has 0 rings (SSSR count). The maximum Gasteiger partial charge on any atom is 0.327 e. The van der Waals surface area contributed by atoms with Crippen molar-refractivity contribution in [2.45, 2.75) is 64.7 Å². The van der Waals surface area contributed by atoms with E-state index in [1.54, 1.807) is 6.08 Å². The number of aliphatic carboxylic acids is 2. The highest BCUT2D eigenvalue weighted by molar-refractivity contribution is 5.79. The van der Waals surface area contributed by atoms with E-state index in [9.17, 15) is 9.59 Å². The van der Waals surface area contributed by atoms with Crippen LogP contribution in [0.2, 0.25) is 0 Å². The third-order valence-electron chi connectivity index (χ3n) is 3.17. The van der Waals surface area contributed by atoms with E-state index in [0.717, 1.165) is 38.5 Å². The van der Waals surface area contributed by atoms with E-state index in [4.69, 9.17) is 10.2 Å². The highest BCUT2D eigenvalue weighted by Crippen LogP contribution is 2.16. The summed E-state index contributed by atoms with van der Waals surface area (Å²) in [5.74, 6) is -0.963. The van der Waals surface area contributed by atoms with E-state index < -0.39 is 11.9 Å². The summed E-state index contributed by atoms with van der Waals surface area (Å²) in [5, 5.41) is 16.9. The van der Waals surface area contributed by atoms with Gasteiger partial charge in [0.05, 0.1) is 0 Å². The molecule has 0 bridgehead atoms. The number of carbonyl (C=O) groups is 2. The summed E-state index contributed by atoms with van der Waals surface area (Å²) in [6, 6.07) is 0. The molecule has 4 nitrogen and oxygen atoms in total. The van der Waals surface area contributed by atoms with Crippen LogP contribution in [0.3, 0.4) is 0 Å². The molecule has 0 saturated heterocycles. The molecule has 0 aromatic heterocycles. The Labute approximate surface area is 115 Å². The Bertz CT molecular complexity index is 284. The van der Waals surface area contributed by atoms with Gasteiger partial charge in [0.15, 0.2) is 0 Å². The van der Waals surface area contributed by atoms with Crippen molar-refractivity contribution in [1.82, 2.24) is 0 Å². The lowest BCUT2D eigenvalue weighted by Gasteiger charge is -2.09. The number of unbranched alkanes of at least 4 members (excludes halogenated alkanes) is 4. The van der Waals surface area contributed by atoms with E-state index in [1.165, 1.54) is 18.9 Å². The predicted octanol–water partition coefficient (Wildman–Crippen LogP) is 3.86. The van der Waals surface area contributed by atoms with Gasteiger partial charge in [0.2, 0.25) is 0 Å². The molecule has 1 atom stereocenters. The van der Waals surface area contributed by atoms with Gasteiger partial charge in [-0.05, 0) is 25.2 Å². The summed E-state index contributed by atoms with van der Waals surface area (Å²) in [6.07, 6.45) is 11.5. The first-order chi connectivity index (χ1) is 9.02. The molecule has 0 radical (unpaired) electrons. The molecule has 0 fully saturated rings. The Morgan fingerprint density at radius 1 is 1.00 bits per heavy atom. The zero-order valence-electron chi connectivity index (χ0n) is 11.8. The third kappa shape index (κ3) is 14.6. The zero-order chi connectivity index (χ0) is 14.5. The molecule has 110 valence electrons. The van der Waals surface area contributed by atoms with E-state index in [2.05, 4.69) is 6.92 Å². The molecule has 0 aromatic rings. The molecule has 0 aliphatic rings.